The van der Waals surface area contributed by atoms with E-state index < -0.39 is 17.7 Å². The molecule has 7 heteroatoms. The van der Waals surface area contributed by atoms with E-state index in [4.69, 9.17) is 4.74 Å². The number of carbonyl (C=O) groups excluding carboxylic acids is 2. The standard InChI is InChI=1S/C31H26N2O5/c1-20-16-24(11-14-26(20)38-19-21-6-3-2-4-7-21)29(35)27-28(23-9-12-25(34)13-10-23)33(31(37)30(27)36)18-22-8-5-15-32-17-22/h2-17,28,34-35H,18-19H2,1H3/b29-27+. The molecule has 0 spiro atoms. The van der Waals surface area contributed by atoms with Gasteiger partial charge < -0.3 is 19.8 Å². The number of aromatic nitrogens is 1. The van der Waals surface area contributed by atoms with Crippen molar-refractivity contribution in [3.05, 3.63) is 131 Å². The normalized spacial score (nSPS) is 16.6. The van der Waals surface area contributed by atoms with Crippen LogP contribution in [0.4, 0.5) is 0 Å². The Hall–Kier alpha value is -4.91. The number of aliphatic hydroxyl groups excluding tert-OH is 1. The zero-order valence-electron chi connectivity index (χ0n) is 20.7. The predicted molar refractivity (Wildman–Crippen MR) is 142 cm³/mol. The molecule has 2 heterocycles. The number of ether oxygens (including phenoxy) is 1. The predicted octanol–water partition coefficient (Wildman–Crippen LogP) is 5.30. The summed E-state index contributed by atoms with van der Waals surface area (Å²) in [5.74, 6) is -1.05. The minimum absolute atomic E-state index is 0.0121. The molecule has 1 aliphatic rings. The van der Waals surface area contributed by atoms with Crippen molar-refractivity contribution in [1.29, 1.82) is 0 Å². The first-order chi connectivity index (χ1) is 18.4. The van der Waals surface area contributed by atoms with Crippen LogP contribution in [-0.4, -0.2) is 31.8 Å². The maximum Gasteiger partial charge on any atom is 0.295 e. The van der Waals surface area contributed by atoms with Gasteiger partial charge >= 0.3 is 0 Å². The number of aromatic hydroxyl groups is 1. The zero-order chi connectivity index (χ0) is 26.6. The van der Waals surface area contributed by atoms with Crippen LogP contribution >= 0.6 is 0 Å². The Morgan fingerprint density at radius 3 is 2.37 bits per heavy atom. The number of hydrogen-bond acceptors (Lipinski definition) is 6. The first-order valence-electron chi connectivity index (χ1n) is 12.2. The number of ketones is 1. The Morgan fingerprint density at radius 2 is 1.68 bits per heavy atom. The van der Waals surface area contributed by atoms with E-state index in [0.717, 1.165) is 16.7 Å². The van der Waals surface area contributed by atoms with Crippen LogP contribution in [0.15, 0.2) is 103 Å². The minimum Gasteiger partial charge on any atom is -0.508 e. The fourth-order valence-electron chi connectivity index (χ4n) is 4.58. The fraction of sp³-hybridized carbons (Fsp3) is 0.129. The van der Waals surface area contributed by atoms with Crippen molar-refractivity contribution in [2.24, 2.45) is 0 Å². The number of rotatable bonds is 7. The van der Waals surface area contributed by atoms with Crippen molar-refractivity contribution in [3.8, 4) is 11.5 Å². The number of likely N-dealkylation sites (tertiary alicyclic amines) is 1. The molecule has 1 aliphatic heterocycles. The van der Waals surface area contributed by atoms with Gasteiger partial charge in [0.05, 0.1) is 11.6 Å². The summed E-state index contributed by atoms with van der Waals surface area (Å²) in [5.41, 5.74) is 3.53. The van der Waals surface area contributed by atoms with E-state index in [-0.39, 0.29) is 23.6 Å². The highest BCUT2D eigenvalue weighted by atomic mass is 16.5. The van der Waals surface area contributed by atoms with Gasteiger partial charge in [0, 0.05) is 24.5 Å². The zero-order valence-corrected chi connectivity index (χ0v) is 20.7. The molecule has 1 unspecified atom stereocenters. The molecule has 0 aliphatic carbocycles. The average molecular weight is 507 g/mol. The maximum atomic E-state index is 13.3. The molecule has 1 atom stereocenters. The van der Waals surface area contributed by atoms with Crippen molar-refractivity contribution in [2.45, 2.75) is 26.1 Å². The lowest BCUT2D eigenvalue weighted by molar-refractivity contribution is -0.140. The van der Waals surface area contributed by atoms with E-state index >= 15 is 0 Å². The van der Waals surface area contributed by atoms with E-state index in [2.05, 4.69) is 4.98 Å². The first-order valence-corrected chi connectivity index (χ1v) is 12.2. The Balaban J connectivity index is 1.51. The molecule has 190 valence electrons. The van der Waals surface area contributed by atoms with E-state index in [1.807, 2.05) is 43.3 Å². The Bertz CT molecular complexity index is 1500. The summed E-state index contributed by atoms with van der Waals surface area (Å²) in [6.45, 7) is 2.38. The minimum atomic E-state index is -0.842. The van der Waals surface area contributed by atoms with Gasteiger partial charge in [0.25, 0.3) is 11.7 Å². The van der Waals surface area contributed by atoms with Gasteiger partial charge in [-0.3, -0.25) is 14.6 Å². The van der Waals surface area contributed by atoms with Crippen LogP contribution in [0, 0.1) is 6.92 Å². The summed E-state index contributed by atoms with van der Waals surface area (Å²) in [7, 11) is 0. The topological polar surface area (TPSA) is 100.0 Å². The molecule has 0 saturated carbocycles. The van der Waals surface area contributed by atoms with Gasteiger partial charge in [-0.25, -0.2) is 0 Å². The van der Waals surface area contributed by atoms with Crippen molar-refractivity contribution in [3.63, 3.8) is 0 Å². The maximum absolute atomic E-state index is 13.3. The van der Waals surface area contributed by atoms with Crippen LogP contribution in [0.2, 0.25) is 0 Å². The number of phenolic OH excluding ortho intramolecular Hbond substituents is 1. The Labute approximate surface area is 220 Å². The van der Waals surface area contributed by atoms with Crippen LogP contribution < -0.4 is 4.74 Å². The van der Waals surface area contributed by atoms with E-state index in [9.17, 15) is 19.8 Å². The highest BCUT2D eigenvalue weighted by Gasteiger charge is 2.46. The van der Waals surface area contributed by atoms with E-state index in [1.54, 1.807) is 48.8 Å². The summed E-state index contributed by atoms with van der Waals surface area (Å²) in [6.07, 6.45) is 3.26. The highest BCUT2D eigenvalue weighted by Crippen LogP contribution is 2.41. The van der Waals surface area contributed by atoms with Crippen molar-refractivity contribution in [1.82, 2.24) is 9.88 Å². The molecule has 5 rings (SSSR count). The number of aliphatic hydroxyl groups is 1. The van der Waals surface area contributed by atoms with Gasteiger partial charge in [-0.1, -0.05) is 48.5 Å². The van der Waals surface area contributed by atoms with Crippen molar-refractivity contribution >= 4 is 17.4 Å². The smallest absolute Gasteiger partial charge is 0.295 e. The molecule has 1 amide bonds. The fourth-order valence-corrected chi connectivity index (χ4v) is 4.58. The molecule has 1 saturated heterocycles. The second-order valence-corrected chi connectivity index (χ2v) is 9.13. The first kappa shape index (κ1) is 24.8. The van der Waals surface area contributed by atoms with Gasteiger partial charge in [0.15, 0.2) is 0 Å². The van der Waals surface area contributed by atoms with Crippen LogP contribution in [0.1, 0.15) is 33.9 Å². The second-order valence-electron chi connectivity index (χ2n) is 9.13. The Kier molecular flexibility index (Phi) is 6.91. The number of Topliss-reactive ketones (excluding diaryl/α,β-unsaturated/α-hetero) is 1. The molecule has 1 aromatic heterocycles. The number of phenols is 1. The summed E-state index contributed by atoms with van der Waals surface area (Å²) in [5, 5.41) is 21.2. The van der Waals surface area contributed by atoms with Gasteiger partial charge in [-0.05, 0) is 65.6 Å². The number of benzene rings is 3. The number of amides is 1. The molecule has 2 N–H and O–H groups in total. The van der Waals surface area contributed by atoms with Crippen molar-refractivity contribution < 1.29 is 24.5 Å². The number of hydrogen-bond donors (Lipinski definition) is 2. The molecule has 0 bridgehead atoms. The number of nitrogens with zero attached hydrogens (tertiary/aromatic N) is 2. The molecular weight excluding hydrogens is 480 g/mol. The highest BCUT2D eigenvalue weighted by molar-refractivity contribution is 6.46. The molecule has 3 aromatic carbocycles. The third-order valence-corrected chi connectivity index (χ3v) is 6.51. The van der Waals surface area contributed by atoms with Gasteiger partial charge in [-0.15, -0.1) is 0 Å². The summed E-state index contributed by atoms with van der Waals surface area (Å²) >= 11 is 0. The quantitative estimate of drug-likeness (QED) is 0.201. The van der Waals surface area contributed by atoms with Crippen LogP contribution in [0.25, 0.3) is 5.76 Å². The molecule has 0 radical (unpaired) electrons. The van der Waals surface area contributed by atoms with Crippen LogP contribution in [-0.2, 0) is 22.7 Å². The SMILES string of the molecule is Cc1cc(/C(O)=C2\C(=O)C(=O)N(Cc3cccnc3)C2c2ccc(O)cc2)ccc1OCc1ccccc1. The number of pyridine rings is 1. The number of aryl methyl sites for hydroxylation is 1. The molecular formula is C31H26N2O5. The average Bonchev–Trinajstić information content (AvgIpc) is 3.18. The van der Waals surface area contributed by atoms with Gasteiger partial charge in [0.2, 0.25) is 0 Å². The van der Waals surface area contributed by atoms with E-state index in [1.165, 1.54) is 17.0 Å². The van der Waals surface area contributed by atoms with Gasteiger partial charge in [-0.2, -0.15) is 0 Å². The lowest BCUT2D eigenvalue weighted by atomic mass is 9.94. The lowest BCUT2D eigenvalue weighted by Crippen LogP contribution is -2.29. The molecule has 1 fully saturated rings. The summed E-state index contributed by atoms with van der Waals surface area (Å²) in [4.78, 5) is 32.0. The number of carbonyl (C=O) groups is 2. The third-order valence-electron chi connectivity index (χ3n) is 6.51. The summed E-state index contributed by atoms with van der Waals surface area (Å²) < 4.78 is 5.95. The Morgan fingerprint density at radius 1 is 0.947 bits per heavy atom. The largest absolute Gasteiger partial charge is 0.508 e. The monoisotopic (exact) mass is 506 g/mol. The van der Waals surface area contributed by atoms with Crippen LogP contribution in [0.5, 0.6) is 11.5 Å². The third kappa shape index (κ3) is 4.99. The molecule has 7 nitrogen and oxygen atoms in total. The van der Waals surface area contributed by atoms with Gasteiger partial charge in [0.1, 0.15) is 23.9 Å². The molecule has 38 heavy (non-hydrogen) atoms. The molecule has 4 aromatic rings. The van der Waals surface area contributed by atoms with Crippen molar-refractivity contribution in [2.75, 3.05) is 0 Å². The van der Waals surface area contributed by atoms with Crippen LogP contribution in [0.3, 0.4) is 0 Å². The second kappa shape index (κ2) is 10.6. The lowest BCUT2D eigenvalue weighted by Gasteiger charge is -2.25. The van der Waals surface area contributed by atoms with E-state index in [0.29, 0.717) is 23.5 Å². The summed E-state index contributed by atoms with van der Waals surface area (Å²) in [6, 6.07) is 23.9.